The smallest absolute Gasteiger partial charge is 0.356 e. The topological polar surface area (TPSA) is 75.0 Å². The summed E-state index contributed by atoms with van der Waals surface area (Å²) in [4.78, 5) is 16.1. The van der Waals surface area contributed by atoms with Crippen molar-refractivity contribution in [3.8, 4) is 11.5 Å². The van der Waals surface area contributed by atoms with Crippen LogP contribution in [-0.2, 0) is 11.3 Å². The first-order valence-electron chi connectivity index (χ1n) is 6.91. The van der Waals surface area contributed by atoms with Crippen molar-refractivity contribution in [3.05, 3.63) is 54.0 Å². The van der Waals surface area contributed by atoms with Crippen LogP contribution in [0.1, 0.15) is 16.3 Å². The third-order valence-electron chi connectivity index (χ3n) is 3.23. The van der Waals surface area contributed by atoms with Gasteiger partial charge in [0.15, 0.2) is 17.2 Å². The number of carbonyl (C=O) groups excluding carboxylic acids is 1. The van der Waals surface area contributed by atoms with Gasteiger partial charge in [0, 0.05) is 0 Å². The van der Waals surface area contributed by atoms with Crippen LogP contribution in [0, 0.1) is 0 Å². The maximum atomic E-state index is 11.7. The van der Waals surface area contributed by atoms with E-state index in [1.165, 1.54) is 11.6 Å². The zero-order valence-corrected chi connectivity index (χ0v) is 12.7. The number of ether oxygens (including phenoxy) is 3. The molecule has 0 saturated heterocycles. The number of carbonyl (C=O) groups is 1. The highest BCUT2D eigenvalue weighted by atomic mass is 16.5. The maximum Gasteiger partial charge on any atom is 0.356 e. The molecule has 0 aliphatic heterocycles. The lowest BCUT2D eigenvalue weighted by Gasteiger charge is -2.04. The summed E-state index contributed by atoms with van der Waals surface area (Å²) in [5.41, 5.74) is 0.870. The lowest BCUT2D eigenvalue weighted by molar-refractivity contribution is 0.0590. The van der Waals surface area contributed by atoms with E-state index in [-0.39, 0.29) is 6.61 Å². The summed E-state index contributed by atoms with van der Waals surface area (Å²) in [6.45, 7) is 0.189. The molecule has 7 nitrogen and oxygen atoms in total. The highest BCUT2D eigenvalue weighted by Gasteiger charge is 2.13. The Morgan fingerprint density at radius 2 is 1.83 bits per heavy atom. The molecular weight excluding hydrogens is 298 g/mol. The molecule has 0 radical (unpaired) electrons. The molecule has 2 aromatic heterocycles. The van der Waals surface area contributed by atoms with E-state index in [9.17, 15) is 4.79 Å². The summed E-state index contributed by atoms with van der Waals surface area (Å²) in [6, 6.07) is 12.3. The molecule has 0 aliphatic carbocycles. The van der Waals surface area contributed by atoms with Crippen LogP contribution in [0.3, 0.4) is 0 Å². The van der Waals surface area contributed by atoms with Gasteiger partial charge in [-0.2, -0.15) is 0 Å². The number of methoxy groups -OCH3 is 2. The van der Waals surface area contributed by atoms with Gasteiger partial charge >= 0.3 is 5.97 Å². The van der Waals surface area contributed by atoms with E-state index in [4.69, 9.17) is 14.2 Å². The molecule has 0 aliphatic rings. The molecule has 2 heterocycles. The first-order chi connectivity index (χ1) is 11.2. The van der Waals surface area contributed by atoms with Crippen molar-refractivity contribution in [1.82, 2.24) is 14.6 Å². The average Bonchev–Trinajstić information content (AvgIpc) is 3.02. The molecule has 1 aromatic carbocycles. The highest BCUT2D eigenvalue weighted by Crippen LogP contribution is 2.18. The first kappa shape index (κ1) is 14.8. The summed E-state index contributed by atoms with van der Waals surface area (Å²) < 4.78 is 16.9. The van der Waals surface area contributed by atoms with Crippen molar-refractivity contribution in [2.75, 3.05) is 14.2 Å². The minimum Gasteiger partial charge on any atom is -0.497 e. The van der Waals surface area contributed by atoms with Crippen molar-refractivity contribution in [2.24, 2.45) is 0 Å². The second-order valence-electron chi connectivity index (χ2n) is 4.66. The summed E-state index contributed by atoms with van der Waals surface area (Å²) in [5.74, 6) is 1.43. The molecule has 0 amide bonds. The Labute approximate surface area is 132 Å². The third kappa shape index (κ3) is 3.08. The number of aromatic nitrogens is 3. The average molecular weight is 313 g/mol. The van der Waals surface area contributed by atoms with Crippen LogP contribution in [0.5, 0.6) is 11.5 Å². The fourth-order valence-electron chi connectivity index (χ4n) is 2.09. The maximum absolute atomic E-state index is 11.7. The number of fused-ring (bicyclic) bond motifs is 1. The summed E-state index contributed by atoms with van der Waals surface area (Å²) >= 11 is 0. The second-order valence-corrected chi connectivity index (χ2v) is 4.66. The minimum absolute atomic E-state index is 0.189. The SMILES string of the molecule is COC(=O)c1cccc2nc(COc3ccc(OC)cc3)nn12. The van der Waals surface area contributed by atoms with Gasteiger partial charge in [-0.3, -0.25) is 0 Å². The van der Waals surface area contributed by atoms with Gasteiger partial charge in [0.1, 0.15) is 18.1 Å². The van der Waals surface area contributed by atoms with E-state index < -0.39 is 5.97 Å². The normalized spacial score (nSPS) is 10.5. The van der Waals surface area contributed by atoms with Gasteiger partial charge in [0.2, 0.25) is 0 Å². The van der Waals surface area contributed by atoms with Gasteiger partial charge in [-0.05, 0) is 36.4 Å². The van der Waals surface area contributed by atoms with Gasteiger partial charge in [-0.15, -0.1) is 5.10 Å². The van der Waals surface area contributed by atoms with E-state index in [2.05, 4.69) is 10.1 Å². The monoisotopic (exact) mass is 313 g/mol. The van der Waals surface area contributed by atoms with Crippen LogP contribution in [0.25, 0.3) is 5.65 Å². The number of pyridine rings is 1. The van der Waals surface area contributed by atoms with Gasteiger partial charge in [0.25, 0.3) is 0 Å². The van der Waals surface area contributed by atoms with E-state index in [0.29, 0.717) is 22.9 Å². The zero-order chi connectivity index (χ0) is 16.2. The van der Waals surface area contributed by atoms with Gasteiger partial charge in [0.05, 0.1) is 14.2 Å². The summed E-state index contributed by atoms with van der Waals surface area (Å²) in [5, 5.41) is 4.29. The molecule has 0 atom stereocenters. The Morgan fingerprint density at radius 1 is 1.09 bits per heavy atom. The zero-order valence-electron chi connectivity index (χ0n) is 12.7. The highest BCUT2D eigenvalue weighted by molar-refractivity contribution is 5.88. The van der Waals surface area contributed by atoms with Crippen molar-refractivity contribution < 1.29 is 19.0 Å². The lowest BCUT2D eigenvalue weighted by atomic mass is 10.3. The molecule has 0 saturated carbocycles. The number of rotatable bonds is 5. The summed E-state index contributed by atoms with van der Waals surface area (Å²) in [7, 11) is 2.93. The van der Waals surface area contributed by atoms with E-state index in [1.807, 2.05) is 12.1 Å². The molecule has 0 unspecified atom stereocenters. The fourth-order valence-corrected chi connectivity index (χ4v) is 2.09. The molecule has 3 rings (SSSR count). The van der Waals surface area contributed by atoms with Crippen LogP contribution >= 0.6 is 0 Å². The Balaban J connectivity index is 1.79. The van der Waals surface area contributed by atoms with Gasteiger partial charge in [-0.25, -0.2) is 14.3 Å². The Bertz CT molecular complexity index is 827. The number of benzene rings is 1. The Morgan fingerprint density at radius 3 is 2.52 bits per heavy atom. The quantitative estimate of drug-likeness (QED) is 0.672. The van der Waals surface area contributed by atoms with Crippen molar-refractivity contribution in [3.63, 3.8) is 0 Å². The van der Waals surface area contributed by atoms with Gasteiger partial charge in [-0.1, -0.05) is 6.07 Å². The molecule has 3 aromatic rings. The molecule has 0 fully saturated rings. The number of hydrogen-bond acceptors (Lipinski definition) is 6. The Kier molecular flexibility index (Phi) is 4.09. The number of hydrogen-bond donors (Lipinski definition) is 0. The van der Waals surface area contributed by atoms with Crippen molar-refractivity contribution in [2.45, 2.75) is 6.61 Å². The Hall–Kier alpha value is -3.09. The largest absolute Gasteiger partial charge is 0.497 e. The van der Waals surface area contributed by atoms with Crippen LogP contribution in [-0.4, -0.2) is 34.8 Å². The first-order valence-corrected chi connectivity index (χ1v) is 6.91. The van der Waals surface area contributed by atoms with E-state index in [0.717, 1.165) is 5.75 Å². The van der Waals surface area contributed by atoms with Crippen LogP contribution in [0.2, 0.25) is 0 Å². The van der Waals surface area contributed by atoms with E-state index in [1.54, 1.807) is 37.4 Å². The molecule has 118 valence electrons. The van der Waals surface area contributed by atoms with E-state index >= 15 is 0 Å². The van der Waals surface area contributed by atoms with Crippen molar-refractivity contribution in [1.29, 1.82) is 0 Å². The summed E-state index contributed by atoms with van der Waals surface area (Å²) in [6.07, 6.45) is 0. The van der Waals surface area contributed by atoms with Crippen LogP contribution in [0.4, 0.5) is 0 Å². The molecular formula is C16H15N3O4. The number of nitrogens with zero attached hydrogens (tertiary/aromatic N) is 3. The molecule has 0 bridgehead atoms. The lowest BCUT2D eigenvalue weighted by Crippen LogP contribution is -2.09. The standard InChI is InChI=1S/C16H15N3O4/c1-21-11-6-8-12(9-7-11)23-10-14-17-15-5-3-4-13(16(20)22-2)19(15)18-14/h3-9H,10H2,1-2H3. The van der Waals surface area contributed by atoms with Gasteiger partial charge < -0.3 is 14.2 Å². The molecule has 0 spiro atoms. The molecule has 7 heteroatoms. The van der Waals surface area contributed by atoms with Crippen LogP contribution < -0.4 is 9.47 Å². The second kappa shape index (κ2) is 6.35. The van der Waals surface area contributed by atoms with Crippen LogP contribution in [0.15, 0.2) is 42.5 Å². The predicted molar refractivity (Wildman–Crippen MR) is 81.7 cm³/mol. The fraction of sp³-hybridized carbons (Fsp3) is 0.188. The third-order valence-corrected chi connectivity index (χ3v) is 3.23. The molecule has 23 heavy (non-hydrogen) atoms. The number of esters is 1. The van der Waals surface area contributed by atoms with Crippen molar-refractivity contribution >= 4 is 11.6 Å². The predicted octanol–water partition coefficient (Wildman–Crippen LogP) is 2.10. The molecule has 0 N–H and O–H groups in total. The minimum atomic E-state index is -0.469.